The lowest BCUT2D eigenvalue weighted by atomic mass is 9.98. The first-order valence-electron chi connectivity index (χ1n) is 8.34. The van der Waals surface area contributed by atoms with Gasteiger partial charge in [0.1, 0.15) is 5.56 Å². The smallest absolute Gasteiger partial charge is 0.259 e. The van der Waals surface area contributed by atoms with Crippen molar-refractivity contribution in [3.63, 3.8) is 0 Å². The van der Waals surface area contributed by atoms with Crippen LogP contribution in [0.15, 0.2) is 6.07 Å². The van der Waals surface area contributed by atoms with Crippen molar-refractivity contribution in [1.29, 1.82) is 0 Å². The van der Waals surface area contributed by atoms with Crippen molar-refractivity contribution in [3.05, 3.63) is 28.7 Å². The molecule has 2 N–H and O–H groups in total. The van der Waals surface area contributed by atoms with Gasteiger partial charge < -0.3 is 10.6 Å². The number of halogens is 1. The average molecular weight is 350 g/mol. The normalized spacial score (nSPS) is 25.8. The summed E-state index contributed by atoms with van der Waals surface area (Å²) in [6.45, 7) is 7.41. The highest BCUT2D eigenvalue weighted by Gasteiger charge is 2.43. The molecule has 2 aromatic heterocycles. The Morgan fingerprint density at radius 3 is 2.71 bits per heavy atom. The number of aromatic nitrogens is 3. The van der Waals surface area contributed by atoms with E-state index >= 15 is 0 Å². The van der Waals surface area contributed by atoms with Crippen LogP contribution in [0.3, 0.4) is 0 Å². The number of rotatable bonds is 1. The van der Waals surface area contributed by atoms with E-state index in [9.17, 15) is 4.79 Å². The quantitative estimate of drug-likeness (QED) is 0.852. The van der Waals surface area contributed by atoms with E-state index in [0.29, 0.717) is 23.0 Å². The van der Waals surface area contributed by atoms with Crippen LogP contribution < -0.4 is 5.73 Å². The SMILES string of the molecule is Cc1cc(C)n2nc(C)c(C(=O)N3CC4CCC(N)C4C3)c2n1.Cl. The summed E-state index contributed by atoms with van der Waals surface area (Å²) in [5.74, 6) is 1.07. The number of carbonyl (C=O) groups is 1. The maximum atomic E-state index is 13.1. The van der Waals surface area contributed by atoms with E-state index < -0.39 is 0 Å². The third kappa shape index (κ3) is 2.48. The van der Waals surface area contributed by atoms with Crippen LogP contribution in [-0.2, 0) is 0 Å². The van der Waals surface area contributed by atoms with Gasteiger partial charge in [-0.1, -0.05) is 0 Å². The van der Waals surface area contributed by atoms with Crippen LogP contribution in [0.5, 0.6) is 0 Å². The minimum absolute atomic E-state index is 0. The molecular weight excluding hydrogens is 326 g/mol. The number of hydrogen-bond acceptors (Lipinski definition) is 4. The summed E-state index contributed by atoms with van der Waals surface area (Å²) in [6, 6.07) is 2.22. The van der Waals surface area contributed by atoms with E-state index in [-0.39, 0.29) is 24.4 Å². The number of carbonyl (C=O) groups excluding carboxylic acids is 1. The molecule has 1 amide bonds. The maximum Gasteiger partial charge on any atom is 0.259 e. The molecule has 24 heavy (non-hydrogen) atoms. The van der Waals surface area contributed by atoms with Crippen LogP contribution in [0.2, 0.25) is 0 Å². The van der Waals surface area contributed by atoms with Gasteiger partial charge in [0.2, 0.25) is 0 Å². The van der Waals surface area contributed by atoms with Gasteiger partial charge in [-0.25, -0.2) is 9.50 Å². The highest BCUT2D eigenvalue weighted by molar-refractivity contribution is 6.01. The Labute approximate surface area is 147 Å². The summed E-state index contributed by atoms with van der Waals surface area (Å²) in [5, 5.41) is 4.52. The lowest BCUT2D eigenvalue weighted by molar-refractivity contribution is 0.0780. The van der Waals surface area contributed by atoms with E-state index in [1.165, 1.54) is 0 Å². The fourth-order valence-corrected chi connectivity index (χ4v) is 4.31. The zero-order valence-corrected chi connectivity index (χ0v) is 15.1. The van der Waals surface area contributed by atoms with Gasteiger partial charge in [0, 0.05) is 30.5 Å². The largest absolute Gasteiger partial charge is 0.338 e. The Morgan fingerprint density at radius 2 is 2.00 bits per heavy atom. The van der Waals surface area contributed by atoms with Crippen molar-refractivity contribution in [3.8, 4) is 0 Å². The number of fused-ring (bicyclic) bond motifs is 2. The summed E-state index contributed by atoms with van der Waals surface area (Å²) in [6.07, 6.45) is 2.23. The summed E-state index contributed by atoms with van der Waals surface area (Å²) >= 11 is 0. The molecule has 2 fully saturated rings. The van der Waals surface area contributed by atoms with Crippen molar-refractivity contribution < 1.29 is 4.79 Å². The molecule has 6 nitrogen and oxygen atoms in total. The van der Waals surface area contributed by atoms with Gasteiger partial charge in [0.15, 0.2) is 5.65 Å². The first kappa shape index (κ1) is 17.2. The van der Waals surface area contributed by atoms with Crippen LogP contribution in [0.4, 0.5) is 0 Å². The molecule has 1 aliphatic carbocycles. The molecule has 2 aromatic rings. The molecule has 1 saturated heterocycles. The van der Waals surface area contributed by atoms with Crippen LogP contribution >= 0.6 is 12.4 Å². The Bertz CT molecular complexity index is 802. The molecule has 1 saturated carbocycles. The summed E-state index contributed by atoms with van der Waals surface area (Å²) in [4.78, 5) is 19.6. The molecule has 2 aliphatic rings. The zero-order chi connectivity index (χ0) is 16.3. The van der Waals surface area contributed by atoms with Crippen LogP contribution in [0.1, 0.15) is 40.3 Å². The molecule has 0 bridgehead atoms. The molecule has 0 spiro atoms. The van der Waals surface area contributed by atoms with Crippen molar-refractivity contribution in [2.75, 3.05) is 13.1 Å². The van der Waals surface area contributed by atoms with E-state index in [1.807, 2.05) is 31.7 Å². The van der Waals surface area contributed by atoms with E-state index in [2.05, 4.69) is 10.1 Å². The van der Waals surface area contributed by atoms with Gasteiger partial charge in [-0.05, 0) is 51.5 Å². The second-order valence-electron chi connectivity index (χ2n) is 7.11. The molecule has 0 aromatic carbocycles. The summed E-state index contributed by atoms with van der Waals surface area (Å²) < 4.78 is 1.78. The molecule has 3 unspecified atom stereocenters. The molecular formula is C17H24ClN5O. The number of hydrogen-bond donors (Lipinski definition) is 1. The summed E-state index contributed by atoms with van der Waals surface area (Å²) in [7, 11) is 0. The lowest BCUT2D eigenvalue weighted by Gasteiger charge is -2.18. The third-order valence-electron chi connectivity index (χ3n) is 5.48. The van der Waals surface area contributed by atoms with Crippen molar-refractivity contribution >= 4 is 24.0 Å². The molecule has 130 valence electrons. The predicted octanol–water partition coefficient (Wildman–Crippen LogP) is 1.89. The lowest BCUT2D eigenvalue weighted by Crippen LogP contribution is -2.33. The molecule has 0 radical (unpaired) electrons. The number of likely N-dealkylation sites (tertiary alicyclic amines) is 1. The second kappa shape index (κ2) is 6.01. The fraction of sp³-hybridized carbons (Fsp3) is 0.588. The molecule has 7 heteroatoms. The van der Waals surface area contributed by atoms with Gasteiger partial charge in [-0.3, -0.25) is 4.79 Å². The highest BCUT2D eigenvalue weighted by atomic mass is 35.5. The minimum atomic E-state index is 0. The Morgan fingerprint density at radius 1 is 1.25 bits per heavy atom. The van der Waals surface area contributed by atoms with Crippen molar-refractivity contribution in [2.45, 2.75) is 39.7 Å². The van der Waals surface area contributed by atoms with Crippen molar-refractivity contribution in [1.82, 2.24) is 19.5 Å². The Hall–Kier alpha value is -1.66. The average Bonchev–Trinajstić information content (AvgIpc) is 3.13. The standard InChI is InChI=1S/C17H23N5O.ClH/c1-9-6-10(2)22-16(19-9)15(11(3)20-22)17(23)21-7-12-4-5-14(18)13(12)8-21;/h6,12-14H,4-5,7-8,18H2,1-3H3;1H. The number of amides is 1. The first-order chi connectivity index (χ1) is 11.0. The monoisotopic (exact) mass is 349 g/mol. The molecule has 1 aliphatic heterocycles. The number of aryl methyl sites for hydroxylation is 3. The number of nitrogens with zero attached hydrogens (tertiary/aromatic N) is 4. The van der Waals surface area contributed by atoms with Gasteiger partial charge in [0.25, 0.3) is 5.91 Å². The Balaban J connectivity index is 0.00000169. The topological polar surface area (TPSA) is 76.5 Å². The van der Waals surface area contributed by atoms with E-state index in [1.54, 1.807) is 4.52 Å². The maximum absolute atomic E-state index is 13.1. The zero-order valence-electron chi connectivity index (χ0n) is 14.3. The van der Waals surface area contributed by atoms with Gasteiger partial charge in [-0.2, -0.15) is 5.10 Å². The van der Waals surface area contributed by atoms with Crippen LogP contribution in [0.25, 0.3) is 5.65 Å². The number of nitrogens with two attached hydrogens (primary N) is 1. The van der Waals surface area contributed by atoms with Crippen LogP contribution in [0, 0.1) is 32.6 Å². The van der Waals surface area contributed by atoms with Crippen LogP contribution in [-0.4, -0.2) is 44.5 Å². The van der Waals surface area contributed by atoms with Gasteiger partial charge in [0.05, 0.1) is 5.69 Å². The Kier molecular flexibility index (Phi) is 4.30. The summed E-state index contributed by atoms with van der Waals surface area (Å²) in [5.41, 5.74) is 10.2. The predicted molar refractivity (Wildman–Crippen MR) is 94.5 cm³/mol. The van der Waals surface area contributed by atoms with E-state index in [0.717, 1.165) is 43.0 Å². The third-order valence-corrected chi connectivity index (χ3v) is 5.48. The van der Waals surface area contributed by atoms with E-state index in [4.69, 9.17) is 5.73 Å². The molecule has 3 heterocycles. The molecule has 4 rings (SSSR count). The molecule has 3 atom stereocenters. The van der Waals surface area contributed by atoms with Crippen molar-refractivity contribution in [2.24, 2.45) is 17.6 Å². The second-order valence-corrected chi connectivity index (χ2v) is 7.11. The van der Waals surface area contributed by atoms with Gasteiger partial charge in [-0.15, -0.1) is 12.4 Å². The van der Waals surface area contributed by atoms with Gasteiger partial charge >= 0.3 is 0 Å². The highest BCUT2D eigenvalue weighted by Crippen LogP contribution is 2.38. The minimum Gasteiger partial charge on any atom is -0.338 e. The fourth-order valence-electron chi connectivity index (χ4n) is 4.31. The first-order valence-corrected chi connectivity index (χ1v) is 8.34.